The summed E-state index contributed by atoms with van der Waals surface area (Å²) in [5.41, 5.74) is 1.44. The summed E-state index contributed by atoms with van der Waals surface area (Å²) in [6.45, 7) is 7.39. The number of methoxy groups -OCH3 is 2. The predicted octanol–water partition coefficient (Wildman–Crippen LogP) is 3.56. The van der Waals surface area contributed by atoms with Crippen molar-refractivity contribution < 1.29 is 24.1 Å². The largest absolute Gasteiger partial charge is 0.493 e. The zero-order chi connectivity index (χ0) is 22.1. The summed E-state index contributed by atoms with van der Waals surface area (Å²) in [4.78, 5) is 24.1. The molecule has 1 aliphatic rings. The Morgan fingerprint density at radius 1 is 1.20 bits per heavy atom. The van der Waals surface area contributed by atoms with Crippen LogP contribution in [0.1, 0.15) is 43.1 Å². The highest BCUT2D eigenvalue weighted by Gasteiger charge is 2.38. The molecule has 1 atom stereocenters. The molecule has 2 aromatic rings. The van der Waals surface area contributed by atoms with E-state index < -0.39 is 16.9 Å². The maximum atomic E-state index is 12.5. The first-order valence-corrected chi connectivity index (χ1v) is 10.1. The van der Waals surface area contributed by atoms with E-state index in [9.17, 15) is 14.7 Å². The van der Waals surface area contributed by atoms with Crippen LogP contribution in [0.2, 0.25) is 0 Å². The van der Waals surface area contributed by atoms with Crippen LogP contribution in [0.5, 0.6) is 11.5 Å². The van der Waals surface area contributed by atoms with Crippen LogP contribution >= 0.6 is 0 Å². The van der Waals surface area contributed by atoms with E-state index in [0.717, 1.165) is 17.5 Å². The van der Waals surface area contributed by atoms with Gasteiger partial charge in [0.15, 0.2) is 16.9 Å². The fourth-order valence-electron chi connectivity index (χ4n) is 3.92. The normalized spacial score (nSPS) is 17.4. The van der Waals surface area contributed by atoms with Gasteiger partial charge < -0.3 is 23.9 Å². The summed E-state index contributed by atoms with van der Waals surface area (Å²) < 4.78 is 18.5. The number of carboxylic acids is 1. The van der Waals surface area contributed by atoms with Crippen molar-refractivity contribution in [3.63, 3.8) is 0 Å². The predicted molar refractivity (Wildman–Crippen MR) is 114 cm³/mol. The Hall–Kier alpha value is -2.80. The monoisotopic (exact) mass is 415 g/mol. The Bertz CT molecular complexity index is 1010. The molecule has 1 aromatic heterocycles. The van der Waals surface area contributed by atoms with Gasteiger partial charge in [0.05, 0.1) is 19.4 Å². The van der Waals surface area contributed by atoms with Crippen LogP contribution in [0.3, 0.4) is 0 Å². The quantitative estimate of drug-likeness (QED) is 0.664. The summed E-state index contributed by atoms with van der Waals surface area (Å²) in [6.07, 6.45) is 2.91. The number of aromatic carboxylic acids is 1. The molecular formula is C23H29NO6. The van der Waals surface area contributed by atoms with E-state index in [1.54, 1.807) is 14.2 Å². The third-order valence-corrected chi connectivity index (χ3v) is 6.04. The summed E-state index contributed by atoms with van der Waals surface area (Å²) in [5, 5.41) is 9.45. The Morgan fingerprint density at radius 2 is 1.93 bits per heavy atom. The van der Waals surface area contributed by atoms with E-state index in [1.807, 2.05) is 16.7 Å². The first-order valence-electron chi connectivity index (χ1n) is 10.1. The van der Waals surface area contributed by atoms with Crippen molar-refractivity contribution in [2.75, 3.05) is 27.4 Å². The molecule has 0 saturated heterocycles. The highest BCUT2D eigenvalue weighted by Crippen LogP contribution is 2.45. The highest BCUT2D eigenvalue weighted by atomic mass is 16.5. The van der Waals surface area contributed by atoms with Gasteiger partial charge in [-0.1, -0.05) is 13.8 Å². The number of carbonyl (C=O) groups is 1. The molecule has 3 rings (SSSR count). The van der Waals surface area contributed by atoms with E-state index in [2.05, 4.69) is 20.8 Å². The molecular weight excluding hydrogens is 386 g/mol. The molecule has 7 heteroatoms. The standard InChI is InChI=1S/C23H29NO6/c1-14(2)23(3)12-15-9-21(30-8-6-7-28-4)20(29-5)10-16(15)18-11-19(25)17(22(26)27)13-24(18)23/h9-11,13-14H,6-8,12H2,1-5H3,(H,26,27)/t23-/m0/s1. The van der Waals surface area contributed by atoms with E-state index in [-0.39, 0.29) is 11.5 Å². The van der Waals surface area contributed by atoms with Gasteiger partial charge in [0.2, 0.25) is 0 Å². The lowest BCUT2D eigenvalue weighted by Gasteiger charge is -2.43. The zero-order valence-electron chi connectivity index (χ0n) is 18.2. The lowest BCUT2D eigenvalue weighted by Crippen LogP contribution is -2.42. The van der Waals surface area contributed by atoms with Crippen molar-refractivity contribution in [3.05, 3.63) is 45.7 Å². The topological polar surface area (TPSA) is 87.0 Å². The number of hydrogen-bond acceptors (Lipinski definition) is 5. The molecule has 0 saturated carbocycles. The molecule has 1 aromatic carbocycles. The first kappa shape index (κ1) is 21.9. The van der Waals surface area contributed by atoms with E-state index in [4.69, 9.17) is 14.2 Å². The number of rotatable bonds is 8. The molecule has 2 heterocycles. The van der Waals surface area contributed by atoms with Crippen molar-refractivity contribution in [2.45, 2.75) is 39.2 Å². The van der Waals surface area contributed by atoms with Crippen LogP contribution in [-0.2, 0) is 16.7 Å². The number of pyridine rings is 1. The van der Waals surface area contributed by atoms with Crippen LogP contribution in [0, 0.1) is 5.92 Å². The second-order valence-electron chi connectivity index (χ2n) is 8.16. The molecule has 0 aliphatic carbocycles. The molecule has 1 N–H and O–H groups in total. The van der Waals surface area contributed by atoms with Crippen LogP contribution in [0.15, 0.2) is 29.2 Å². The number of aromatic nitrogens is 1. The molecule has 7 nitrogen and oxygen atoms in total. The maximum absolute atomic E-state index is 12.5. The van der Waals surface area contributed by atoms with Gasteiger partial charge in [0.25, 0.3) is 0 Å². The van der Waals surface area contributed by atoms with Gasteiger partial charge in [0, 0.05) is 43.5 Å². The zero-order valence-corrected chi connectivity index (χ0v) is 18.2. The molecule has 0 radical (unpaired) electrons. The summed E-state index contributed by atoms with van der Waals surface area (Å²) in [7, 11) is 3.23. The lowest BCUT2D eigenvalue weighted by molar-refractivity contribution is 0.0693. The third kappa shape index (κ3) is 3.81. The highest BCUT2D eigenvalue weighted by molar-refractivity contribution is 5.88. The SMILES string of the molecule is COCCCOc1cc2c(cc1OC)-c1cc(=O)c(C(=O)O)cn1[C@](C)(C(C)C)C2. The maximum Gasteiger partial charge on any atom is 0.341 e. The number of carboxylic acid groups (broad SMARTS) is 1. The van der Waals surface area contributed by atoms with Gasteiger partial charge in [0.1, 0.15) is 5.56 Å². The summed E-state index contributed by atoms with van der Waals surface area (Å²) >= 11 is 0. The minimum absolute atomic E-state index is 0.196. The average molecular weight is 415 g/mol. The third-order valence-electron chi connectivity index (χ3n) is 6.04. The van der Waals surface area contributed by atoms with Crippen molar-refractivity contribution >= 4 is 5.97 Å². The van der Waals surface area contributed by atoms with Crippen molar-refractivity contribution in [3.8, 4) is 22.8 Å². The smallest absolute Gasteiger partial charge is 0.341 e. The van der Waals surface area contributed by atoms with E-state index in [1.165, 1.54) is 12.3 Å². The average Bonchev–Trinajstić information content (AvgIpc) is 2.70. The van der Waals surface area contributed by atoms with E-state index in [0.29, 0.717) is 36.8 Å². The van der Waals surface area contributed by atoms with Gasteiger partial charge in [-0.25, -0.2) is 4.79 Å². The Balaban J connectivity index is 2.17. The molecule has 0 spiro atoms. The minimum Gasteiger partial charge on any atom is -0.493 e. The second kappa shape index (κ2) is 8.52. The van der Waals surface area contributed by atoms with Crippen LogP contribution in [0.4, 0.5) is 0 Å². The lowest BCUT2D eigenvalue weighted by atomic mass is 9.77. The van der Waals surface area contributed by atoms with Crippen LogP contribution < -0.4 is 14.9 Å². The molecule has 0 bridgehead atoms. The molecule has 0 amide bonds. The first-order chi connectivity index (χ1) is 14.2. The second-order valence-corrected chi connectivity index (χ2v) is 8.16. The number of ether oxygens (including phenoxy) is 3. The van der Waals surface area contributed by atoms with Crippen LogP contribution in [0.25, 0.3) is 11.3 Å². The minimum atomic E-state index is -1.22. The Kier molecular flexibility index (Phi) is 6.22. The fourth-order valence-corrected chi connectivity index (χ4v) is 3.92. The molecule has 30 heavy (non-hydrogen) atoms. The molecule has 0 fully saturated rings. The fraction of sp³-hybridized carbons (Fsp3) is 0.478. The van der Waals surface area contributed by atoms with Gasteiger partial charge in [-0.15, -0.1) is 0 Å². The number of benzene rings is 1. The van der Waals surface area contributed by atoms with Crippen molar-refractivity contribution in [2.24, 2.45) is 5.92 Å². The number of fused-ring (bicyclic) bond motifs is 3. The van der Waals surface area contributed by atoms with Crippen molar-refractivity contribution in [1.82, 2.24) is 4.57 Å². The number of hydrogen-bond donors (Lipinski definition) is 1. The van der Waals surface area contributed by atoms with Gasteiger partial charge in [-0.05, 0) is 37.0 Å². The Labute approximate surface area is 176 Å². The van der Waals surface area contributed by atoms with Crippen molar-refractivity contribution in [1.29, 1.82) is 0 Å². The van der Waals surface area contributed by atoms with Crippen LogP contribution in [-0.4, -0.2) is 43.1 Å². The van der Waals surface area contributed by atoms with E-state index >= 15 is 0 Å². The molecule has 162 valence electrons. The van der Waals surface area contributed by atoms with Gasteiger partial charge in [-0.3, -0.25) is 4.79 Å². The Morgan fingerprint density at radius 3 is 2.53 bits per heavy atom. The number of nitrogens with zero attached hydrogens (tertiary/aromatic N) is 1. The van der Waals surface area contributed by atoms with Gasteiger partial charge >= 0.3 is 5.97 Å². The summed E-state index contributed by atoms with van der Waals surface area (Å²) in [5.74, 6) is 0.198. The summed E-state index contributed by atoms with van der Waals surface area (Å²) in [6, 6.07) is 5.26. The molecule has 1 aliphatic heterocycles. The molecule has 0 unspecified atom stereocenters. The van der Waals surface area contributed by atoms with Gasteiger partial charge in [-0.2, -0.15) is 0 Å².